The van der Waals surface area contributed by atoms with Crippen molar-refractivity contribution in [3.05, 3.63) is 59.7 Å². The smallest absolute Gasteiger partial charge is 0.244 e. The number of likely N-dealkylation sites (N-methyl/N-ethyl adjacent to an activating group) is 1. The summed E-state index contributed by atoms with van der Waals surface area (Å²) in [5.74, 6) is -0.116. The number of sulfonamides is 1. The number of nitrogens with zero attached hydrogens (tertiary/aromatic N) is 2. The van der Waals surface area contributed by atoms with E-state index < -0.39 is 28.5 Å². The molecule has 186 valence electrons. The molecule has 1 N–H and O–H groups in total. The number of amides is 2. The van der Waals surface area contributed by atoms with Gasteiger partial charge in [-0.1, -0.05) is 38.1 Å². The second-order valence-corrected chi connectivity index (χ2v) is 9.89. The highest BCUT2D eigenvalue weighted by Crippen LogP contribution is 2.21. The van der Waals surface area contributed by atoms with Crippen molar-refractivity contribution in [2.45, 2.75) is 46.2 Å². The first kappa shape index (κ1) is 27.2. The first-order valence-electron chi connectivity index (χ1n) is 11.4. The van der Waals surface area contributed by atoms with Gasteiger partial charge in [0.1, 0.15) is 18.3 Å². The zero-order valence-electron chi connectivity index (χ0n) is 20.6. The summed E-state index contributed by atoms with van der Waals surface area (Å²) in [6.45, 7) is 5.79. The van der Waals surface area contributed by atoms with Crippen LogP contribution < -0.4 is 14.4 Å². The maximum Gasteiger partial charge on any atom is 0.244 e. The molecule has 0 bridgehead atoms. The largest absolute Gasteiger partial charge is 0.497 e. The maximum atomic E-state index is 13.6. The number of benzene rings is 2. The number of ether oxygens (including phenoxy) is 1. The molecule has 0 aromatic heterocycles. The van der Waals surface area contributed by atoms with Crippen LogP contribution in [0.1, 0.15) is 38.3 Å². The van der Waals surface area contributed by atoms with Gasteiger partial charge in [-0.2, -0.15) is 0 Å². The normalized spacial score (nSPS) is 12.0. The van der Waals surface area contributed by atoms with Gasteiger partial charge in [-0.05, 0) is 55.2 Å². The molecule has 1 atom stereocenters. The number of hydrogen-bond acceptors (Lipinski definition) is 5. The lowest BCUT2D eigenvalue weighted by Crippen LogP contribution is -2.52. The Morgan fingerprint density at radius 2 is 1.71 bits per heavy atom. The van der Waals surface area contributed by atoms with Crippen LogP contribution in [0.4, 0.5) is 5.69 Å². The molecule has 0 heterocycles. The Bertz CT molecular complexity index is 1070. The minimum Gasteiger partial charge on any atom is -0.497 e. The molecule has 0 aliphatic rings. The molecule has 34 heavy (non-hydrogen) atoms. The lowest BCUT2D eigenvalue weighted by Gasteiger charge is -2.32. The van der Waals surface area contributed by atoms with Gasteiger partial charge in [0.15, 0.2) is 0 Å². The first-order chi connectivity index (χ1) is 16.1. The third-order valence-corrected chi connectivity index (χ3v) is 6.68. The number of hydrogen-bond donors (Lipinski definition) is 1. The molecule has 0 fully saturated rings. The molecule has 2 rings (SSSR count). The second kappa shape index (κ2) is 12.4. The van der Waals surface area contributed by atoms with E-state index in [9.17, 15) is 18.0 Å². The standard InChI is InChI=1S/C25H35N3O5S/c1-6-19-12-14-21(15-13-19)28(34(5,31)32)18-24(29)27(23(7-2)25(30)26-8-3)17-20-10-9-11-22(16-20)33-4/h9-16,23H,6-8,17-18H2,1-5H3,(H,26,30)/t23-/m0/s1. The fraction of sp³-hybridized carbons (Fsp3) is 0.440. The van der Waals surface area contributed by atoms with Gasteiger partial charge in [0, 0.05) is 13.1 Å². The molecule has 0 saturated carbocycles. The van der Waals surface area contributed by atoms with E-state index in [1.165, 1.54) is 4.90 Å². The number of rotatable bonds is 12. The summed E-state index contributed by atoms with van der Waals surface area (Å²) in [7, 11) is -2.19. The Morgan fingerprint density at radius 3 is 2.24 bits per heavy atom. The van der Waals surface area contributed by atoms with Gasteiger partial charge in [0.2, 0.25) is 21.8 Å². The van der Waals surface area contributed by atoms with E-state index in [0.29, 0.717) is 24.4 Å². The molecule has 2 aromatic carbocycles. The molecule has 9 heteroatoms. The van der Waals surface area contributed by atoms with Crippen LogP contribution in [-0.2, 0) is 32.6 Å². The zero-order chi connectivity index (χ0) is 25.3. The molecular weight excluding hydrogens is 454 g/mol. The Hall–Kier alpha value is -3.07. The third kappa shape index (κ3) is 7.21. The lowest BCUT2D eigenvalue weighted by molar-refractivity contribution is -0.140. The Labute approximate surface area is 202 Å². The van der Waals surface area contributed by atoms with Crippen LogP contribution in [-0.4, -0.2) is 57.6 Å². The summed E-state index contributed by atoms with van der Waals surface area (Å²) >= 11 is 0. The summed E-state index contributed by atoms with van der Waals surface area (Å²) in [6.07, 6.45) is 2.27. The number of carbonyl (C=O) groups is 2. The van der Waals surface area contributed by atoms with Gasteiger partial charge in [-0.15, -0.1) is 0 Å². The zero-order valence-corrected chi connectivity index (χ0v) is 21.4. The number of methoxy groups -OCH3 is 1. The van der Waals surface area contributed by atoms with E-state index in [1.807, 2.05) is 45.0 Å². The van der Waals surface area contributed by atoms with Gasteiger partial charge in [0.25, 0.3) is 0 Å². The third-order valence-electron chi connectivity index (χ3n) is 5.54. The summed E-state index contributed by atoms with van der Waals surface area (Å²) < 4.78 is 31.6. The van der Waals surface area contributed by atoms with E-state index >= 15 is 0 Å². The summed E-state index contributed by atoms with van der Waals surface area (Å²) in [5.41, 5.74) is 2.24. The van der Waals surface area contributed by atoms with E-state index in [4.69, 9.17) is 4.74 Å². The lowest BCUT2D eigenvalue weighted by atomic mass is 10.1. The molecule has 0 aliphatic carbocycles. The molecule has 2 amide bonds. The predicted molar refractivity (Wildman–Crippen MR) is 134 cm³/mol. The van der Waals surface area contributed by atoms with Crippen molar-refractivity contribution >= 4 is 27.5 Å². The van der Waals surface area contributed by atoms with Crippen LogP contribution in [0.15, 0.2) is 48.5 Å². The monoisotopic (exact) mass is 489 g/mol. The van der Waals surface area contributed by atoms with E-state index in [1.54, 1.807) is 31.4 Å². The molecule has 0 radical (unpaired) electrons. The number of anilines is 1. The molecule has 2 aromatic rings. The minimum atomic E-state index is -3.75. The van der Waals surface area contributed by atoms with Crippen molar-refractivity contribution < 1.29 is 22.7 Å². The highest BCUT2D eigenvalue weighted by molar-refractivity contribution is 7.92. The van der Waals surface area contributed by atoms with E-state index in [-0.39, 0.29) is 12.5 Å². The van der Waals surface area contributed by atoms with E-state index in [2.05, 4.69) is 5.32 Å². The fourth-order valence-corrected chi connectivity index (χ4v) is 4.54. The summed E-state index contributed by atoms with van der Waals surface area (Å²) in [6, 6.07) is 13.6. The highest BCUT2D eigenvalue weighted by atomic mass is 32.2. The average molecular weight is 490 g/mol. The van der Waals surface area contributed by atoms with Crippen LogP contribution in [0.25, 0.3) is 0 Å². The van der Waals surface area contributed by atoms with Crippen LogP contribution >= 0.6 is 0 Å². The van der Waals surface area contributed by atoms with Gasteiger partial charge in [-0.25, -0.2) is 8.42 Å². The minimum absolute atomic E-state index is 0.137. The van der Waals surface area contributed by atoms with Crippen molar-refractivity contribution in [2.75, 3.05) is 30.8 Å². The summed E-state index contributed by atoms with van der Waals surface area (Å²) in [5, 5.41) is 2.78. The van der Waals surface area contributed by atoms with Crippen molar-refractivity contribution in [3.63, 3.8) is 0 Å². The quantitative estimate of drug-likeness (QED) is 0.495. The topological polar surface area (TPSA) is 96.0 Å². The SMILES string of the molecule is CCNC(=O)[C@H](CC)N(Cc1cccc(OC)c1)C(=O)CN(c1ccc(CC)cc1)S(C)(=O)=O. The van der Waals surface area contributed by atoms with Crippen LogP contribution in [0.5, 0.6) is 5.75 Å². The molecule has 8 nitrogen and oxygen atoms in total. The second-order valence-electron chi connectivity index (χ2n) is 7.98. The number of aryl methyl sites for hydroxylation is 1. The predicted octanol–water partition coefficient (Wildman–Crippen LogP) is 2.97. The van der Waals surface area contributed by atoms with Gasteiger partial charge in [-0.3, -0.25) is 13.9 Å². The summed E-state index contributed by atoms with van der Waals surface area (Å²) in [4.78, 5) is 27.8. The number of carbonyl (C=O) groups excluding carboxylic acids is 2. The number of nitrogens with one attached hydrogen (secondary N) is 1. The molecule has 0 aliphatic heterocycles. The van der Waals surface area contributed by atoms with Crippen molar-refractivity contribution in [1.82, 2.24) is 10.2 Å². The van der Waals surface area contributed by atoms with Crippen LogP contribution in [0, 0.1) is 0 Å². The maximum absolute atomic E-state index is 13.6. The van der Waals surface area contributed by atoms with Crippen LogP contribution in [0.2, 0.25) is 0 Å². The fourth-order valence-electron chi connectivity index (χ4n) is 3.69. The molecule has 0 spiro atoms. The Kier molecular flexibility index (Phi) is 9.92. The molecular formula is C25H35N3O5S. The van der Waals surface area contributed by atoms with Gasteiger partial charge < -0.3 is 15.0 Å². The van der Waals surface area contributed by atoms with Gasteiger partial charge >= 0.3 is 0 Å². The van der Waals surface area contributed by atoms with Gasteiger partial charge in [0.05, 0.1) is 19.1 Å². The Morgan fingerprint density at radius 1 is 1.03 bits per heavy atom. The Balaban J connectivity index is 2.43. The average Bonchev–Trinajstić information content (AvgIpc) is 2.82. The van der Waals surface area contributed by atoms with E-state index in [0.717, 1.165) is 28.1 Å². The highest BCUT2D eigenvalue weighted by Gasteiger charge is 2.31. The van der Waals surface area contributed by atoms with Crippen LogP contribution in [0.3, 0.4) is 0 Å². The van der Waals surface area contributed by atoms with Crippen molar-refractivity contribution in [3.8, 4) is 5.75 Å². The molecule has 0 unspecified atom stereocenters. The molecule has 0 saturated heterocycles. The van der Waals surface area contributed by atoms with Crippen molar-refractivity contribution in [2.24, 2.45) is 0 Å². The van der Waals surface area contributed by atoms with Crippen molar-refractivity contribution in [1.29, 1.82) is 0 Å². The first-order valence-corrected chi connectivity index (χ1v) is 13.3.